The van der Waals surface area contributed by atoms with Crippen molar-refractivity contribution in [2.45, 2.75) is 10.6 Å². The molecule has 0 amide bonds. The van der Waals surface area contributed by atoms with Gasteiger partial charge in [0.15, 0.2) is 0 Å². The van der Waals surface area contributed by atoms with Gasteiger partial charge < -0.3 is 5.73 Å². The second-order valence-corrected chi connectivity index (χ2v) is 6.07. The van der Waals surface area contributed by atoms with Gasteiger partial charge in [-0.25, -0.2) is 4.39 Å². The second-order valence-electron chi connectivity index (χ2n) is 4.21. The van der Waals surface area contributed by atoms with Crippen LogP contribution in [0.3, 0.4) is 0 Å². The Morgan fingerprint density at radius 3 is 2.62 bits per heavy atom. The van der Waals surface area contributed by atoms with Gasteiger partial charge in [0.1, 0.15) is 5.82 Å². The van der Waals surface area contributed by atoms with Crippen molar-refractivity contribution in [1.29, 1.82) is 0 Å². The maximum atomic E-state index is 13.7. The van der Waals surface area contributed by atoms with Crippen LogP contribution in [0.4, 0.5) is 15.8 Å². The molecule has 0 aromatic heterocycles. The molecule has 0 fully saturated rings. The first-order valence-corrected chi connectivity index (χ1v) is 7.44. The zero-order valence-corrected chi connectivity index (χ0v) is 12.2. The molecule has 1 unspecified atom stereocenters. The van der Waals surface area contributed by atoms with E-state index in [1.54, 1.807) is 0 Å². The topological polar surface area (TPSA) is 86.2 Å². The van der Waals surface area contributed by atoms with Crippen molar-refractivity contribution < 1.29 is 13.5 Å². The van der Waals surface area contributed by atoms with Crippen molar-refractivity contribution in [2.75, 3.05) is 5.73 Å². The summed E-state index contributed by atoms with van der Waals surface area (Å²) >= 11 is 5.70. The van der Waals surface area contributed by atoms with E-state index in [0.717, 1.165) is 6.07 Å². The Hall–Kier alpha value is -1.99. The Morgan fingerprint density at radius 2 is 2.00 bits per heavy atom. The number of hydrogen-bond acceptors (Lipinski definition) is 4. The lowest BCUT2D eigenvalue weighted by Gasteiger charge is -2.06. The summed E-state index contributed by atoms with van der Waals surface area (Å²) in [5.41, 5.74) is 5.61. The number of nitro benzene ring substituents is 1. The second kappa shape index (κ2) is 6.19. The minimum atomic E-state index is -1.77. The Kier molecular flexibility index (Phi) is 4.54. The monoisotopic (exact) mass is 328 g/mol. The van der Waals surface area contributed by atoms with E-state index in [1.807, 2.05) is 0 Å². The normalized spacial score (nSPS) is 12.1. The fourth-order valence-electron chi connectivity index (χ4n) is 1.75. The number of benzene rings is 2. The quantitative estimate of drug-likeness (QED) is 0.530. The highest BCUT2D eigenvalue weighted by molar-refractivity contribution is 7.84. The third kappa shape index (κ3) is 3.56. The van der Waals surface area contributed by atoms with Crippen LogP contribution in [-0.4, -0.2) is 9.13 Å². The van der Waals surface area contributed by atoms with Crippen LogP contribution >= 0.6 is 11.6 Å². The fourth-order valence-corrected chi connectivity index (χ4v) is 3.09. The summed E-state index contributed by atoms with van der Waals surface area (Å²) in [6.07, 6.45) is 0. The predicted octanol–water partition coefficient (Wildman–Crippen LogP) is 3.28. The zero-order valence-electron chi connectivity index (χ0n) is 10.6. The molecule has 0 aliphatic rings. The number of anilines is 1. The lowest BCUT2D eigenvalue weighted by atomic mass is 10.2. The Labute approximate surface area is 127 Å². The van der Waals surface area contributed by atoms with E-state index >= 15 is 0 Å². The summed E-state index contributed by atoms with van der Waals surface area (Å²) in [6.45, 7) is 0. The number of halogens is 2. The molecule has 21 heavy (non-hydrogen) atoms. The average Bonchev–Trinajstić information content (AvgIpc) is 2.40. The maximum Gasteiger partial charge on any atom is 0.275 e. The van der Waals surface area contributed by atoms with Crippen LogP contribution in [-0.2, 0) is 16.6 Å². The van der Waals surface area contributed by atoms with Gasteiger partial charge in [0, 0.05) is 22.3 Å². The molecule has 0 radical (unpaired) electrons. The summed E-state index contributed by atoms with van der Waals surface area (Å²) in [5, 5.41) is 11.2. The highest BCUT2D eigenvalue weighted by Gasteiger charge is 2.19. The van der Waals surface area contributed by atoms with E-state index in [1.165, 1.54) is 30.3 Å². The number of hydrogen-bond donors (Lipinski definition) is 1. The van der Waals surface area contributed by atoms with Gasteiger partial charge in [-0.05, 0) is 30.3 Å². The molecular weight excluding hydrogens is 319 g/mol. The molecule has 2 aromatic rings. The number of rotatable bonds is 4. The number of nitrogens with zero attached hydrogens (tertiary/aromatic N) is 1. The number of nitrogen functional groups attached to an aromatic ring is 1. The van der Waals surface area contributed by atoms with Crippen molar-refractivity contribution in [2.24, 2.45) is 0 Å². The smallest absolute Gasteiger partial charge is 0.275 e. The fraction of sp³-hybridized carbons (Fsp3) is 0.0769. The summed E-state index contributed by atoms with van der Waals surface area (Å²) in [4.78, 5) is 10.3. The van der Waals surface area contributed by atoms with E-state index in [0.29, 0.717) is 0 Å². The third-order valence-electron chi connectivity index (χ3n) is 2.73. The molecule has 0 aliphatic heterocycles. The standard InChI is InChI=1S/C13H10ClFN2O3S/c14-9-2-1-8(12(5-9)17(18)19)7-21(20)13-4-3-10(16)6-11(13)15/h1-6H,7,16H2. The van der Waals surface area contributed by atoms with Crippen LogP contribution in [0.15, 0.2) is 41.3 Å². The Balaban J connectivity index is 2.34. The van der Waals surface area contributed by atoms with Crippen molar-refractivity contribution >= 4 is 33.8 Å². The van der Waals surface area contributed by atoms with Crippen LogP contribution in [0.5, 0.6) is 0 Å². The van der Waals surface area contributed by atoms with Gasteiger partial charge >= 0.3 is 0 Å². The highest BCUT2D eigenvalue weighted by Crippen LogP contribution is 2.26. The molecule has 8 heteroatoms. The Morgan fingerprint density at radius 1 is 1.29 bits per heavy atom. The lowest BCUT2D eigenvalue weighted by Crippen LogP contribution is -2.03. The van der Waals surface area contributed by atoms with Crippen LogP contribution in [0.25, 0.3) is 0 Å². The first-order valence-electron chi connectivity index (χ1n) is 5.74. The van der Waals surface area contributed by atoms with E-state index in [9.17, 15) is 18.7 Å². The van der Waals surface area contributed by atoms with Crippen molar-refractivity contribution in [3.63, 3.8) is 0 Å². The summed E-state index contributed by atoms with van der Waals surface area (Å²) in [5.74, 6) is -0.890. The lowest BCUT2D eigenvalue weighted by molar-refractivity contribution is -0.385. The van der Waals surface area contributed by atoms with E-state index in [-0.39, 0.29) is 32.6 Å². The molecule has 2 rings (SSSR count). The summed E-state index contributed by atoms with van der Waals surface area (Å²) in [7, 11) is -1.77. The molecule has 0 saturated heterocycles. The minimum Gasteiger partial charge on any atom is -0.399 e. The highest BCUT2D eigenvalue weighted by atomic mass is 35.5. The maximum absolute atomic E-state index is 13.7. The molecule has 0 spiro atoms. The molecule has 0 bridgehead atoms. The van der Waals surface area contributed by atoms with Crippen molar-refractivity contribution in [1.82, 2.24) is 0 Å². The first kappa shape index (κ1) is 15.4. The van der Waals surface area contributed by atoms with Crippen LogP contribution in [0.2, 0.25) is 5.02 Å². The molecule has 0 saturated carbocycles. The van der Waals surface area contributed by atoms with E-state index in [2.05, 4.69) is 0 Å². The van der Waals surface area contributed by atoms with Gasteiger partial charge in [0.2, 0.25) is 0 Å². The van der Waals surface area contributed by atoms with Gasteiger partial charge in [-0.15, -0.1) is 0 Å². The van der Waals surface area contributed by atoms with Gasteiger partial charge in [-0.3, -0.25) is 14.3 Å². The number of nitrogens with two attached hydrogens (primary N) is 1. The molecule has 1 atom stereocenters. The molecule has 2 aromatic carbocycles. The minimum absolute atomic E-state index is 0.0477. The van der Waals surface area contributed by atoms with Crippen LogP contribution in [0.1, 0.15) is 5.56 Å². The average molecular weight is 329 g/mol. The van der Waals surface area contributed by atoms with Gasteiger partial charge in [0.25, 0.3) is 5.69 Å². The van der Waals surface area contributed by atoms with E-state index in [4.69, 9.17) is 17.3 Å². The first-order chi connectivity index (χ1) is 9.88. The van der Waals surface area contributed by atoms with Gasteiger partial charge in [0.05, 0.1) is 26.4 Å². The molecule has 110 valence electrons. The number of nitro groups is 1. The van der Waals surface area contributed by atoms with Gasteiger partial charge in [-0.1, -0.05) is 11.6 Å². The molecular formula is C13H10ClFN2O3S. The van der Waals surface area contributed by atoms with Crippen molar-refractivity contribution in [3.05, 3.63) is 62.9 Å². The van der Waals surface area contributed by atoms with Crippen molar-refractivity contribution in [3.8, 4) is 0 Å². The molecule has 0 aliphatic carbocycles. The van der Waals surface area contributed by atoms with Gasteiger partial charge in [-0.2, -0.15) is 0 Å². The predicted molar refractivity (Wildman–Crippen MR) is 79.0 cm³/mol. The molecule has 2 N–H and O–H groups in total. The third-order valence-corrected chi connectivity index (χ3v) is 4.36. The summed E-state index contributed by atoms with van der Waals surface area (Å²) in [6, 6.07) is 7.83. The SMILES string of the molecule is Nc1ccc(S(=O)Cc2ccc(Cl)cc2[N+](=O)[O-])c(F)c1. The van der Waals surface area contributed by atoms with Crippen LogP contribution in [0, 0.1) is 15.9 Å². The molecule has 0 heterocycles. The van der Waals surface area contributed by atoms with Crippen LogP contribution < -0.4 is 5.73 Å². The molecule has 5 nitrogen and oxygen atoms in total. The largest absolute Gasteiger partial charge is 0.399 e. The zero-order chi connectivity index (χ0) is 15.6. The van der Waals surface area contributed by atoms with E-state index < -0.39 is 21.5 Å². The Bertz CT molecular complexity index is 739. The summed E-state index contributed by atoms with van der Waals surface area (Å²) < 4.78 is 25.9.